The Morgan fingerprint density at radius 1 is 0.919 bits per heavy atom. The number of aliphatic hydroxyl groups excluding tert-OH is 1. The number of amides is 1. The minimum atomic E-state index is -0.525. The summed E-state index contributed by atoms with van der Waals surface area (Å²) in [6.07, 6.45) is 3.63. The second kappa shape index (κ2) is 8.71. The molecule has 3 aromatic rings. The van der Waals surface area contributed by atoms with Crippen molar-refractivity contribution < 1.29 is 14.6 Å². The predicted octanol–water partition coefficient (Wildman–Crippen LogP) is 5.90. The minimum absolute atomic E-state index is 0.181. The molecule has 6 atom stereocenters. The lowest BCUT2D eigenvalue weighted by atomic mass is 9.62. The van der Waals surface area contributed by atoms with Gasteiger partial charge in [-0.3, -0.25) is 14.6 Å². The number of nitrogens with zero attached hydrogens (tertiary/aromatic N) is 2. The highest BCUT2D eigenvalue weighted by Crippen LogP contribution is 2.57. The molecular weight excluding hydrogens is 460 g/mol. The van der Waals surface area contributed by atoms with Crippen LogP contribution >= 0.6 is 0 Å². The number of para-hydroxylation sites is 2. The van der Waals surface area contributed by atoms with Crippen LogP contribution in [0.4, 0.5) is 11.4 Å². The summed E-state index contributed by atoms with van der Waals surface area (Å²) in [5.74, 6) is 3.13. The fourth-order valence-corrected chi connectivity index (χ4v) is 7.87. The molecule has 0 radical (unpaired) electrons. The molecule has 1 N–H and O–H groups in total. The van der Waals surface area contributed by atoms with Gasteiger partial charge in [-0.25, -0.2) is 0 Å². The average molecular weight is 495 g/mol. The normalized spacial score (nSPS) is 32.8. The Balaban J connectivity index is 1.22. The highest BCUT2D eigenvalue weighted by atomic mass is 16.5. The van der Waals surface area contributed by atoms with Crippen molar-refractivity contribution in [2.45, 2.75) is 50.2 Å². The summed E-state index contributed by atoms with van der Waals surface area (Å²) in [6.45, 7) is 4.23. The van der Waals surface area contributed by atoms with E-state index in [2.05, 4.69) is 30.0 Å². The lowest BCUT2D eigenvalue weighted by Gasteiger charge is -2.50. The van der Waals surface area contributed by atoms with Gasteiger partial charge >= 0.3 is 0 Å². The van der Waals surface area contributed by atoms with Crippen LogP contribution in [0.5, 0.6) is 11.5 Å². The Hall–Kier alpha value is -3.15. The van der Waals surface area contributed by atoms with E-state index in [0.29, 0.717) is 17.8 Å². The maximum Gasteiger partial charge on any atom is 0.243 e. The topological polar surface area (TPSA) is 53.0 Å². The van der Waals surface area contributed by atoms with Gasteiger partial charge in [0.05, 0.1) is 17.2 Å². The molecule has 3 aliphatic heterocycles. The third-order valence-electron chi connectivity index (χ3n) is 9.77. The van der Waals surface area contributed by atoms with E-state index < -0.39 is 5.41 Å². The predicted molar refractivity (Wildman–Crippen MR) is 144 cm³/mol. The SMILES string of the molecule is C[C@@H]1[C@H]2C[C@@H]3N(CC[C@@]34C(=O)N(c3ccc(Oc5ccccc5)cc3)c3ccccc34)C[C@@H]2CC[C@@H]1O. The van der Waals surface area contributed by atoms with Crippen LogP contribution < -0.4 is 9.64 Å². The molecule has 0 bridgehead atoms. The lowest BCUT2D eigenvalue weighted by Crippen LogP contribution is -2.56. The van der Waals surface area contributed by atoms with E-state index in [1.54, 1.807) is 0 Å². The van der Waals surface area contributed by atoms with Crippen molar-refractivity contribution in [3.63, 3.8) is 0 Å². The van der Waals surface area contributed by atoms with Crippen molar-refractivity contribution >= 4 is 17.3 Å². The Bertz CT molecular complexity index is 1310. The number of carbonyl (C=O) groups excluding carboxylic acids is 1. The van der Waals surface area contributed by atoms with Crippen molar-refractivity contribution in [1.29, 1.82) is 0 Å². The summed E-state index contributed by atoms with van der Waals surface area (Å²) in [6, 6.07) is 26.2. The second-order valence-electron chi connectivity index (χ2n) is 11.5. The first-order chi connectivity index (χ1) is 18.1. The molecule has 7 rings (SSSR count). The van der Waals surface area contributed by atoms with Gasteiger partial charge < -0.3 is 9.84 Å². The Morgan fingerprint density at radius 2 is 1.65 bits per heavy atom. The van der Waals surface area contributed by atoms with Crippen molar-refractivity contribution in [3.8, 4) is 11.5 Å². The number of benzene rings is 3. The lowest BCUT2D eigenvalue weighted by molar-refractivity contribution is -0.125. The fourth-order valence-electron chi connectivity index (χ4n) is 7.87. The highest BCUT2D eigenvalue weighted by Gasteiger charge is 2.62. The van der Waals surface area contributed by atoms with Crippen molar-refractivity contribution in [3.05, 3.63) is 84.4 Å². The van der Waals surface area contributed by atoms with Gasteiger partial charge in [0.1, 0.15) is 11.5 Å². The molecule has 5 nitrogen and oxygen atoms in total. The molecule has 37 heavy (non-hydrogen) atoms. The number of ether oxygens (including phenoxy) is 1. The Morgan fingerprint density at radius 3 is 2.46 bits per heavy atom. The standard InChI is InChI=1S/C32H34N2O3/c1-21-26-19-30-32(17-18-33(30)20-22(26)11-16-29(21)35)27-9-5-6-10-28(27)34(31(32)36)23-12-14-25(15-13-23)37-24-7-3-2-4-8-24/h2-10,12-15,21-22,26,29-30,35H,11,16-20H2,1H3/t21-,22+,26-,29+,30+,32+/m1/s1. The second-order valence-corrected chi connectivity index (χ2v) is 11.5. The zero-order valence-electron chi connectivity index (χ0n) is 21.3. The quantitative estimate of drug-likeness (QED) is 0.493. The number of anilines is 2. The molecule has 2 saturated heterocycles. The molecule has 4 aliphatic rings. The molecule has 1 amide bonds. The van der Waals surface area contributed by atoms with Crippen LogP contribution in [0.1, 0.15) is 38.2 Å². The summed E-state index contributed by atoms with van der Waals surface area (Å²) in [7, 11) is 0. The van der Waals surface area contributed by atoms with Crippen LogP contribution in [-0.2, 0) is 10.2 Å². The minimum Gasteiger partial charge on any atom is -0.457 e. The summed E-state index contributed by atoms with van der Waals surface area (Å²) in [5.41, 5.74) is 2.52. The van der Waals surface area contributed by atoms with Crippen LogP contribution in [0.25, 0.3) is 0 Å². The summed E-state index contributed by atoms with van der Waals surface area (Å²) >= 11 is 0. The van der Waals surface area contributed by atoms with Gasteiger partial charge in [-0.1, -0.05) is 43.3 Å². The van der Waals surface area contributed by atoms with Crippen molar-refractivity contribution in [2.24, 2.45) is 17.8 Å². The Kier molecular flexibility index (Phi) is 5.42. The van der Waals surface area contributed by atoms with Gasteiger partial charge in [-0.15, -0.1) is 0 Å². The van der Waals surface area contributed by atoms with Gasteiger partial charge in [0.25, 0.3) is 0 Å². The molecule has 1 spiro atoms. The molecule has 3 heterocycles. The number of hydrogen-bond acceptors (Lipinski definition) is 4. The maximum atomic E-state index is 14.5. The fraction of sp³-hybridized carbons (Fsp3) is 0.406. The number of carbonyl (C=O) groups is 1. The van der Waals surface area contributed by atoms with Crippen LogP contribution in [0.2, 0.25) is 0 Å². The van der Waals surface area contributed by atoms with Gasteiger partial charge in [-0.05, 0) is 98.0 Å². The summed E-state index contributed by atoms with van der Waals surface area (Å²) in [4.78, 5) is 19.1. The summed E-state index contributed by atoms with van der Waals surface area (Å²) < 4.78 is 5.99. The van der Waals surface area contributed by atoms with Gasteiger partial charge in [0, 0.05) is 18.3 Å². The number of fused-ring (bicyclic) bond motifs is 5. The smallest absolute Gasteiger partial charge is 0.243 e. The average Bonchev–Trinajstić information content (AvgIpc) is 3.42. The van der Waals surface area contributed by atoms with Crippen LogP contribution in [0, 0.1) is 17.8 Å². The molecule has 1 aliphatic carbocycles. The van der Waals surface area contributed by atoms with Crippen molar-refractivity contribution in [1.82, 2.24) is 4.90 Å². The number of aliphatic hydroxyl groups is 1. The number of rotatable bonds is 3. The van der Waals surface area contributed by atoms with E-state index >= 15 is 0 Å². The van der Waals surface area contributed by atoms with Gasteiger partial charge in [0.2, 0.25) is 5.91 Å². The largest absolute Gasteiger partial charge is 0.457 e. The van der Waals surface area contributed by atoms with E-state index in [-0.39, 0.29) is 18.1 Å². The number of piperidine rings is 1. The van der Waals surface area contributed by atoms with E-state index in [0.717, 1.165) is 61.6 Å². The highest BCUT2D eigenvalue weighted by molar-refractivity contribution is 6.13. The third kappa shape index (κ3) is 3.48. The number of hydrogen-bond donors (Lipinski definition) is 1. The molecule has 0 unspecified atom stereocenters. The molecule has 3 aromatic carbocycles. The maximum absolute atomic E-state index is 14.5. The molecule has 5 heteroatoms. The molecular formula is C32H34N2O3. The first-order valence-electron chi connectivity index (χ1n) is 13.8. The monoisotopic (exact) mass is 494 g/mol. The zero-order valence-corrected chi connectivity index (χ0v) is 21.3. The summed E-state index contributed by atoms with van der Waals surface area (Å²) in [5, 5.41) is 10.6. The molecule has 190 valence electrons. The molecule has 3 fully saturated rings. The molecule has 0 aromatic heterocycles. The Labute approximate surface area is 218 Å². The van der Waals surface area contributed by atoms with Gasteiger partial charge in [0.15, 0.2) is 0 Å². The van der Waals surface area contributed by atoms with Crippen LogP contribution in [-0.4, -0.2) is 41.1 Å². The van der Waals surface area contributed by atoms with E-state index in [1.807, 2.05) is 65.6 Å². The first kappa shape index (κ1) is 23.0. The first-order valence-corrected chi connectivity index (χ1v) is 13.8. The zero-order chi connectivity index (χ0) is 25.1. The van der Waals surface area contributed by atoms with Crippen LogP contribution in [0.15, 0.2) is 78.9 Å². The van der Waals surface area contributed by atoms with Crippen molar-refractivity contribution in [2.75, 3.05) is 18.0 Å². The van der Waals surface area contributed by atoms with E-state index in [4.69, 9.17) is 4.74 Å². The van der Waals surface area contributed by atoms with E-state index in [1.165, 1.54) is 5.56 Å². The van der Waals surface area contributed by atoms with E-state index in [9.17, 15) is 9.90 Å². The van der Waals surface area contributed by atoms with Gasteiger partial charge in [-0.2, -0.15) is 0 Å². The third-order valence-corrected chi connectivity index (χ3v) is 9.77. The molecule has 1 saturated carbocycles. The van der Waals surface area contributed by atoms with Crippen LogP contribution in [0.3, 0.4) is 0 Å².